The van der Waals surface area contributed by atoms with Crippen LogP contribution in [0, 0.1) is 29.1 Å². The third-order valence-electron chi connectivity index (χ3n) is 6.10. The van der Waals surface area contributed by atoms with Crippen molar-refractivity contribution < 1.29 is 0 Å². The Morgan fingerprint density at radius 3 is 1.26 bits per heavy atom. The Hall–Kier alpha value is 0. The van der Waals surface area contributed by atoms with Gasteiger partial charge in [-0.3, -0.25) is 0 Å². The van der Waals surface area contributed by atoms with Crippen LogP contribution >= 0.6 is 0 Å². The summed E-state index contributed by atoms with van der Waals surface area (Å²) in [4.78, 5) is 0. The first kappa shape index (κ1) is 17.1. The van der Waals surface area contributed by atoms with E-state index in [1.165, 1.54) is 25.7 Å². The van der Waals surface area contributed by atoms with Crippen molar-refractivity contribution in [3.05, 3.63) is 0 Å². The van der Waals surface area contributed by atoms with Gasteiger partial charge in [-0.05, 0) is 54.8 Å². The molecule has 3 aliphatic rings. The van der Waals surface area contributed by atoms with E-state index in [1.54, 1.807) is 25.7 Å². The van der Waals surface area contributed by atoms with Crippen LogP contribution in [-0.4, -0.2) is 0 Å². The van der Waals surface area contributed by atoms with Crippen LogP contribution in [0.5, 0.6) is 0 Å². The first-order chi connectivity index (χ1) is 9.21. The fraction of sp³-hybridized carbons (Fsp3) is 1.00. The molecule has 0 aromatic rings. The van der Waals surface area contributed by atoms with E-state index in [1.807, 2.05) is 27.7 Å². The summed E-state index contributed by atoms with van der Waals surface area (Å²) < 4.78 is 0. The Morgan fingerprint density at radius 2 is 0.895 bits per heavy atom. The van der Waals surface area contributed by atoms with Crippen LogP contribution in [0.15, 0.2) is 0 Å². The summed E-state index contributed by atoms with van der Waals surface area (Å²) in [5, 5.41) is 0. The zero-order valence-electron chi connectivity index (χ0n) is 14.5. The van der Waals surface area contributed by atoms with Gasteiger partial charge in [0.2, 0.25) is 0 Å². The van der Waals surface area contributed by atoms with E-state index < -0.39 is 0 Å². The third kappa shape index (κ3) is 3.19. The number of hydrogen-bond acceptors (Lipinski definition) is 0. The highest BCUT2D eigenvalue weighted by Gasteiger charge is 2.54. The van der Waals surface area contributed by atoms with E-state index in [-0.39, 0.29) is 0 Å². The molecule has 0 amide bonds. The number of fused-ring (bicyclic) bond motifs is 3. The molecule has 0 N–H and O–H groups in total. The summed E-state index contributed by atoms with van der Waals surface area (Å²) in [7, 11) is 0. The van der Waals surface area contributed by atoms with Gasteiger partial charge in [0.05, 0.1) is 0 Å². The van der Waals surface area contributed by atoms with Crippen LogP contribution in [0.1, 0.15) is 92.9 Å². The summed E-state index contributed by atoms with van der Waals surface area (Å²) in [5.41, 5.74) is 0.677. The summed E-state index contributed by atoms with van der Waals surface area (Å²) in [6, 6.07) is 0. The monoisotopic (exact) mass is 266 g/mol. The molecule has 0 heterocycles. The van der Waals surface area contributed by atoms with Gasteiger partial charge in [-0.25, -0.2) is 0 Å². The second kappa shape index (κ2) is 7.70. The lowest BCUT2D eigenvalue weighted by molar-refractivity contribution is 0.124. The molecule has 0 radical (unpaired) electrons. The molecule has 4 unspecified atom stereocenters. The predicted octanol–water partition coefficient (Wildman–Crippen LogP) is 6.69. The second-order valence-electron chi connectivity index (χ2n) is 6.93. The van der Waals surface area contributed by atoms with Crippen molar-refractivity contribution in [3.8, 4) is 0 Å². The van der Waals surface area contributed by atoms with Gasteiger partial charge in [-0.15, -0.1) is 0 Å². The first-order valence-electron chi connectivity index (χ1n) is 9.21. The quantitative estimate of drug-likeness (QED) is 0.458. The topological polar surface area (TPSA) is 0 Å². The molecule has 0 aromatic heterocycles. The molecular formula is C19H38. The maximum atomic E-state index is 2.59. The molecule has 0 spiro atoms. The molecule has 114 valence electrons. The van der Waals surface area contributed by atoms with Gasteiger partial charge < -0.3 is 0 Å². The largest absolute Gasteiger partial charge is 0.0683 e. The van der Waals surface area contributed by atoms with Crippen molar-refractivity contribution >= 4 is 0 Å². The van der Waals surface area contributed by atoms with Crippen LogP contribution < -0.4 is 0 Å². The molecule has 0 bridgehead atoms. The molecule has 19 heavy (non-hydrogen) atoms. The molecule has 3 aliphatic carbocycles. The van der Waals surface area contributed by atoms with Gasteiger partial charge >= 0.3 is 0 Å². The van der Waals surface area contributed by atoms with Gasteiger partial charge in [0, 0.05) is 0 Å². The predicted molar refractivity (Wildman–Crippen MR) is 87.4 cm³/mol. The minimum atomic E-state index is 0.677. The maximum absolute atomic E-state index is 2.59. The van der Waals surface area contributed by atoms with Crippen LogP contribution in [0.2, 0.25) is 0 Å². The van der Waals surface area contributed by atoms with Gasteiger partial charge in [0.1, 0.15) is 0 Å². The molecule has 3 saturated carbocycles. The van der Waals surface area contributed by atoms with Crippen LogP contribution in [0.25, 0.3) is 0 Å². The Bertz CT molecular complexity index is 216. The lowest BCUT2D eigenvalue weighted by Crippen LogP contribution is -2.29. The number of hydrogen-bond donors (Lipinski definition) is 0. The Labute approximate surface area is 122 Å². The third-order valence-corrected chi connectivity index (χ3v) is 6.10. The van der Waals surface area contributed by atoms with E-state index in [0.717, 1.165) is 23.7 Å². The van der Waals surface area contributed by atoms with Crippen molar-refractivity contribution in [2.24, 2.45) is 29.1 Å². The summed E-state index contributed by atoms with van der Waals surface area (Å²) >= 11 is 0. The molecule has 3 rings (SSSR count). The number of rotatable bonds is 0. The van der Waals surface area contributed by atoms with Crippen molar-refractivity contribution in [1.82, 2.24) is 0 Å². The molecule has 0 aliphatic heterocycles. The Balaban J connectivity index is 0.000000415. The molecule has 0 nitrogen and oxygen atoms in total. The van der Waals surface area contributed by atoms with Crippen molar-refractivity contribution in [2.45, 2.75) is 92.9 Å². The van der Waals surface area contributed by atoms with Gasteiger partial charge in [0.25, 0.3) is 0 Å². The lowest BCUT2D eigenvalue weighted by atomic mass is 9.68. The molecule has 0 aromatic carbocycles. The minimum absolute atomic E-state index is 0.677. The van der Waals surface area contributed by atoms with Crippen molar-refractivity contribution in [3.63, 3.8) is 0 Å². The van der Waals surface area contributed by atoms with Crippen LogP contribution in [-0.2, 0) is 0 Å². The maximum Gasteiger partial charge on any atom is -0.0292 e. The SMILES string of the molecule is CC.CC.CC1(C)C2CCCCC2C2CCCCC21. The summed E-state index contributed by atoms with van der Waals surface area (Å²) in [6.45, 7) is 13.2. The zero-order valence-corrected chi connectivity index (χ0v) is 14.5. The Kier molecular flexibility index (Phi) is 6.91. The van der Waals surface area contributed by atoms with E-state index in [2.05, 4.69) is 13.8 Å². The minimum Gasteiger partial charge on any atom is -0.0683 e. The van der Waals surface area contributed by atoms with Crippen molar-refractivity contribution in [2.75, 3.05) is 0 Å². The Morgan fingerprint density at radius 1 is 0.579 bits per heavy atom. The highest BCUT2D eigenvalue weighted by atomic mass is 14.6. The molecule has 0 saturated heterocycles. The molecule has 3 fully saturated rings. The normalized spacial score (nSPS) is 38.8. The van der Waals surface area contributed by atoms with Crippen LogP contribution in [0.3, 0.4) is 0 Å². The van der Waals surface area contributed by atoms with E-state index >= 15 is 0 Å². The standard InChI is InChI=1S/C15H26.2C2H6/c1-15(2)13-9-5-3-7-11(13)12-8-4-6-10-14(12)15;2*1-2/h11-14H,3-10H2,1-2H3;2*1-2H3. The zero-order chi connectivity index (χ0) is 14.5. The summed E-state index contributed by atoms with van der Waals surface area (Å²) in [6.07, 6.45) is 12.3. The summed E-state index contributed by atoms with van der Waals surface area (Å²) in [5.74, 6) is 4.41. The average molecular weight is 267 g/mol. The van der Waals surface area contributed by atoms with Gasteiger partial charge in [-0.1, -0.05) is 67.2 Å². The van der Waals surface area contributed by atoms with Gasteiger partial charge in [0.15, 0.2) is 0 Å². The second-order valence-corrected chi connectivity index (χ2v) is 6.93. The highest BCUT2D eigenvalue weighted by Crippen LogP contribution is 2.62. The molecular weight excluding hydrogens is 228 g/mol. The fourth-order valence-corrected chi connectivity index (χ4v) is 5.47. The fourth-order valence-electron chi connectivity index (χ4n) is 5.47. The van der Waals surface area contributed by atoms with E-state index in [4.69, 9.17) is 0 Å². The average Bonchev–Trinajstić information content (AvgIpc) is 2.73. The van der Waals surface area contributed by atoms with Crippen LogP contribution in [0.4, 0.5) is 0 Å². The smallest absolute Gasteiger partial charge is 0.0292 e. The van der Waals surface area contributed by atoms with Gasteiger partial charge in [-0.2, -0.15) is 0 Å². The lowest BCUT2D eigenvalue weighted by Gasteiger charge is -2.37. The first-order valence-corrected chi connectivity index (χ1v) is 9.21. The molecule has 0 heteroatoms. The van der Waals surface area contributed by atoms with Crippen molar-refractivity contribution in [1.29, 1.82) is 0 Å². The van der Waals surface area contributed by atoms with E-state index in [0.29, 0.717) is 5.41 Å². The molecule has 4 atom stereocenters. The van der Waals surface area contributed by atoms with E-state index in [9.17, 15) is 0 Å². The highest BCUT2D eigenvalue weighted by molar-refractivity contribution is 5.03.